The standard InChI is InChI=1S/C28H32N2O3S/c1-3-34(32,33)26-15-11-23(12-16-26)20-27(31)29-25-13-9-22(10-14-25)17-19-30-18-5-8-24-7-4-6-21(2)28(24)30/h4,6-7,9-16H,3,5,8,17-20H2,1-2H3,(H,29,31). The number of rotatable bonds is 8. The van der Waals surface area contributed by atoms with Crippen LogP contribution >= 0.6 is 0 Å². The van der Waals surface area contributed by atoms with E-state index in [2.05, 4.69) is 47.5 Å². The summed E-state index contributed by atoms with van der Waals surface area (Å²) >= 11 is 0. The predicted octanol–water partition coefficient (Wildman–Crippen LogP) is 4.97. The number of para-hydroxylation sites is 1. The fourth-order valence-corrected chi connectivity index (χ4v) is 5.44. The Bertz CT molecular complexity index is 1250. The number of carbonyl (C=O) groups is 1. The van der Waals surface area contributed by atoms with Gasteiger partial charge in [-0.3, -0.25) is 4.79 Å². The minimum atomic E-state index is -3.23. The Morgan fingerprint density at radius 1 is 0.971 bits per heavy atom. The minimum absolute atomic E-state index is 0.0633. The van der Waals surface area contributed by atoms with Crippen LogP contribution in [0.25, 0.3) is 0 Å². The van der Waals surface area contributed by atoms with Crippen LogP contribution in [-0.4, -0.2) is 33.2 Å². The average Bonchev–Trinajstić information content (AvgIpc) is 2.84. The van der Waals surface area contributed by atoms with Gasteiger partial charge in [0.15, 0.2) is 9.84 Å². The number of hydrogen-bond acceptors (Lipinski definition) is 4. The van der Waals surface area contributed by atoms with E-state index in [4.69, 9.17) is 0 Å². The van der Waals surface area contributed by atoms with Crippen LogP contribution in [0, 0.1) is 6.92 Å². The molecule has 178 valence electrons. The number of carbonyl (C=O) groups excluding carboxylic acids is 1. The molecule has 1 aliphatic heterocycles. The van der Waals surface area contributed by atoms with Gasteiger partial charge in [-0.2, -0.15) is 0 Å². The smallest absolute Gasteiger partial charge is 0.228 e. The number of hydrogen-bond donors (Lipinski definition) is 1. The third-order valence-electron chi connectivity index (χ3n) is 6.45. The molecule has 1 N–H and O–H groups in total. The van der Waals surface area contributed by atoms with Gasteiger partial charge in [-0.05, 0) is 72.7 Å². The molecular weight excluding hydrogens is 444 g/mol. The SMILES string of the molecule is CCS(=O)(=O)c1ccc(CC(=O)Nc2ccc(CCN3CCCc4cccc(C)c43)cc2)cc1. The molecule has 0 atom stereocenters. The second-order valence-corrected chi connectivity index (χ2v) is 11.2. The van der Waals surface area contributed by atoms with Crippen molar-refractivity contribution in [1.29, 1.82) is 0 Å². The normalized spacial score (nSPS) is 13.4. The van der Waals surface area contributed by atoms with E-state index in [1.807, 2.05) is 12.1 Å². The summed E-state index contributed by atoms with van der Waals surface area (Å²) in [5, 5.41) is 2.93. The third-order valence-corrected chi connectivity index (χ3v) is 8.20. The quantitative estimate of drug-likeness (QED) is 0.499. The molecule has 0 bridgehead atoms. The van der Waals surface area contributed by atoms with Crippen molar-refractivity contribution in [1.82, 2.24) is 0 Å². The molecule has 0 fully saturated rings. The summed E-state index contributed by atoms with van der Waals surface area (Å²) in [6.45, 7) is 5.89. The zero-order valence-corrected chi connectivity index (χ0v) is 20.7. The topological polar surface area (TPSA) is 66.5 Å². The molecule has 3 aromatic rings. The third kappa shape index (κ3) is 5.68. The molecule has 34 heavy (non-hydrogen) atoms. The second kappa shape index (κ2) is 10.4. The van der Waals surface area contributed by atoms with Crippen molar-refractivity contribution in [3.8, 4) is 0 Å². The minimum Gasteiger partial charge on any atom is -0.371 e. The highest BCUT2D eigenvalue weighted by atomic mass is 32.2. The molecule has 0 saturated carbocycles. The van der Waals surface area contributed by atoms with Gasteiger partial charge in [0.2, 0.25) is 5.91 Å². The first-order valence-corrected chi connectivity index (χ1v) is 13.5. The van der Waals surface area contributed by atoms with Crippen molar-refractivity contribution in [2.75, 3.05) is 29.1 Å². The van der Waals surface area contributed by atoms with E-state index in [1.54, 1.807) is 31.2 Å². The number of sulfone groups is 1. The van der Waals surface area contributed by atoms with Crippen LogP contribution in [0.2, 0.25) is 0 Å². The van der Waals surface area contributed by atoms with Gasteiger partial charge in [-0.15, -0.1) is 0 Å². The Hall–Kier alpha value is -3.12. The van der Waals surface area contributed by atoms with Crippen LogP contribution < -0.4 is 10.2 Å². The van der Waals surface area contributed by atoms with Crippen LogP contribution in [-0.2, 0) is 33.9 Å². The number of nitrogens with zero attached hydrogens (tertiary/aromatic N) is 1. The first-order valence-electron chi connectivity index (χ1n) is 11.9. The molecule has 4 rings (SSSR count). The molecule has 0 saturated heterocycles. The van der Waals surface area contributed by atoms with Gasteiger partial charge < -0.3 is 10.2 Å². The van der Waals surface area contributed by atoms with Crippen molar-refractivity contribution in [2.24, 2.45) is 0 Å². The second-order valence-electron chi connectivity index (χ2n) is 8.89. The molecule has 0 spiro atoms. The molecule has 1 heterocycles. The zero-order chi connectivity index (χ0) is 24.1. The molecular formula is C28H32N2O3S. The fourth-order valence-electron chi connectivity index (χ4n) is 4.56. The van der Waals surface area contributed by atoms with Gasteiger partial charge in [-0.25, -0.2) is 8.42 Å². The lowest BCUT2D eigenvalue weighted by Crippen LogP contribution is -2.32. The van der Waals surface area contributed by atoms with Crippen molar-refractivity contribution in [3.05, 3.63) is 89.0 Å². The van der Waals surface area contributed by atoms with Gasteiger partial charge >= 0.3 is 0 Å². The van der Waals surface area contributed by atoms with E-state index in [0.29, 0.717) is 0 Å². The molecule has 0 aliphatic carbocycles. The first kappa shape index (κ1) is 24.0. The van der Waals surface area contributed by atoms with Gasteiger partial charge in [0.05, 0.1) is 17.1 Å². The Morgan fingerprint density at radius 3 is 2.38 bits per heavy atom. The van der Waals surface area contributed by atoms with E-state index in [-0.39, 0.29) is 23.0 Å². The fraction of sp³-hybridized carbons (Fsp3) is 0.321. The lowest BCUT2D eigenvalue weighted by atomic mass is 9.98. The molecule has 5 nitrogen and oxygen atoms in total. The summed E-state index contributed by atoms with van der Waals surface area (Å²) in [5.41, 5.74) is 6.98. The molecule has 1 amide bonds. The van der Waals surface area contributed by atoms with Crippen molar-refractivity contribution < 1.29 is 13.2 Å². The van der Waals surface area contributed by atoms with E-state index in [9.17, 15) is 13.2 Å². The van der Waals surface area contributed by atoms with Crippen molar-refractivity contribution >= 4 is 27.1 Å². The van der Waals surface area contributed by atoms with Gasteiger partial charge in [0.1, 0.15) is 0 Å². The highest BCUT2D eigenvalue weighted by Gasteiger charge is 2.18. The Kier molecular flexibility index (Phi) is 7.37. The number of benzene rings is 3. The average molecular weight is 477 g/mol. The summed E-state index contributed by atoms with van der Waals surface area (Å²) in [5.74, 6) is -0.0624. The summed E-state index contributed by atoms with van der Waals surface area (Å²) in [6, 6.07) is 21.2. The Balaban J connectivity index is 1.31. The van der Waals surface area contributed by atoms with Crippen LogP contribution in [0.4, 0.5) is 11.4 Å². The molecule has 0 aromatic heterocycles. The highest BCUT2D eigenvalue weighted by molar-refractivity contribution is 7.91. The van der Waals surface area contributed by atoms with Crippen LogP contribution in [0.5, 0.6) is 0 Å². The van der Waals surface area contributed by atoms with E-state index >= 15 is 0 Å². The molecule has 6 heteroatoms. The number of aryl methyl sites for hydroxylation is 2. The maximum atomic E-state index is 12.4. The molecule has 0 radical (unpaired) electrons. The first-order chi connectivity index (χ1) is 16.4. The largest absolute Gasteiger partial charge is 0.371 e. The maximum Gasteiger partial charge on any atom is 0.228 e. The summed E-state index contributed by atoms with van der Waals surface area (Å²) < 4.78 is 23.9. The number of amides is 1. The number of nitrogens with one attached hydrogen (secondary N) is 1. The maximum absolute atomic E-state index is 12.4. The highest BCUT2D eigenvalue weighted by Crippen LogP contribution is 2.30. The Labute approximate surface area is 202 Å². The summed E-state index contributed by atoms with van der Waals surface area (Å²) in [4.78, 5) is 15.2. The lowest BCUT2D eigenvalue weighted by Gasteiger charge is -2.33. The van der Waals surface area contributed by atoms with E-state index < -0.39 is 9.84 Å². The van der Waals surface area contributed by atoms with E-state index in [1.165, 1.54) is 28.8 Å². The van der Waals surface area contributed by atoms with Gasteiger partial charge in [0.25, 0.3) is 0 Å². The number of fused-ring (bicyclic) bond motifs is 1. The lowest BCUT2D eigenvalue weighted by molar-refractivity contribution is -0.115. The van der Waals surface area contributed by atoms with Crippen LogP contribution in [0.1, 0.15) is 35.6 Å². The summed E-state index contributed by atoms with van der Waals surface area (Å²) in [6.07, 6.45) is 3.50. The monoisotopic (exact) mass is 476 g/mol. The zero-order valence-electron chi connectivity index (χ0n) is 19.9. The molecule has 0 unspecified atom stereocenters. The number of anilines is 2. The Morgan fingerprint density at radius 2 is 1.68 bits per heavy atom. The van der Waals surface area contributed by atoms with Crippen molar-refractivity contribution in [3.63, 3.8) is 0 Å². The predicted molar refractivity (Wildman–Crippen MR) is 138 cm³/mol. The molecule has 1 aliphatic rings. The van der Waals surface area contributed by atoms with Gasteiger partial charge in [-0.1, -0.05) is 49.4 Å². The van der Waals surface area contributed by atoms with Crippen LogP contribution in [0.15, 0.2) is 71.6 Å². The summed E-state index contributed by atoms with van der Waals surface area (Å²) in [7, 11) is -3.23. The van der Waals surface area contributed by atoms with Crippen molar-refractivity contribution in [2.45, 2.75) is 44.4 Å². The van der Waals surface area contributed by atoms with E-state index in [0.717, 1.165) is 37.2 Å². The molecule has 3 aromatic carbocycles. The van der Waals surface area contributed by atoms with Crippen LogP contribution in [0.3, 0.4) is 0 Å². The van der Waals surface area contributed by atoms with Gasteiger partial charge in [0, 0.05) is 24.5 Å².